The number of hydrogen-bond acceptors (Lipinski definition) is 4. The van der Waals surface area contributed by atoms with Crippen molar-refractivity contribution in [3.63, 3.8) is 0 Å². The highest BCUT2D eigenvalue weighted by Crippen LogP contribution is 2.28. The molecule has 1 aromatic heterocycles. The second kappa shape index (κ2) is 7.53. The summed E-state index contributed by atoms with van der Waals surface area (Å²) in [7, 11) is 1.38. The van der Waals surface area contributed by atoms with E-state index >= 15 is 0 Å². The Morgan fingerprint density at radius 2 is 1.76 bits per heavy atom. The molecule has 2 aromatic carbocycles. The van der Waals surface area contributed by atoms with E-state index in [0.29, 0.717) is 5.56 Å². The summed E-state index contributed by atoms with van der Waals surface area (Å²) in [6.07, 6.45) is 0. The lowest BCUT2D eigenvalue weighted by atomic mass is 10.1. The largest absolute Gasteiger partial charge is 1.00 e. The number of halogens is 1. The van der Waals surface area contributed by atoms with Crippen LogP contribution >= 0.6 is 0 Å². The third kappa shape index (κ3) is 3.91. The van der Waals surface area contributed by atoms with Crippen molar-refractivity contribution in [1.82, 2.24) is 4.98 Å². The van der Waals surface area contributed by atoms with Gasteiger partial charge in [0.25, 0.3) is 0 Å². The number of fused-ring (bicyclic) bond motifs is 1. The number of nitrogens with one attached hydrogen (secondary N) is 1. The maximum Gasteiger partial charge on any atom is 0.337 e. The molecule has 1 heterocycles. The molecule has 0 saturated carbocycles. The van der Waals surface area contributed by atoms with Gasteiger partial charge in [-0.05, 0) is 68.3 Å². The van der Waals surface area contributed by atoms with E-state index in [4.69, 9.17) is 4.74 Å². The Hall–Kier alpha value is -2.59. The van der Waals surface area contributed by atoms with Crippen LogP contribution in [0.3, 0.4) is 0 Å². The van der Waals surface area contributed by atoms with E-state index < -0.39 is 0 Å². The fraction of sp³-hybridized carbons (Fsp3) is 0.200. The lowest BCUT2D eigenvalue weighted by Gasteiger charge is -2.13. The van der Waals surface area contributed by atoms with E-state index in [1.165, 1.54) is 18.2 Å². The van der Waals surface area contributed by atoms with Gasteiger partial charge in [-0.3, -0.25) is 4.98 Å². The number of esters is 1. The maximum atomic E-state index is 11.8. The van der Waals surface area contributed by atoms with Gasteiger partial charge in [-0.25, -0.2) is 4.79 Å². The Bertz CT molecular complexity index is 938. The number of carbonyl (C=O) groups is 1. The van der Waals surface area contributed by atoms with E-state index in [1.807, 2.05) is 31.2 Å². The van der Waals surface area contributed by atoms with Crippen molar-refractivity contribution in [2.75, 3.05) is 12.4 Å². The average molecular weight is 356 g/mol. The molecule has 0 bridgehead atoms. The van der Waals surface area contributed by atoms with Crippen molar-refractivity contribution in [1.29, 1.82) is 0 Å². The van der Waals surface area contributed by atoms with Gasteiger partial charge >= 0.3 is 5.97 Å². The number of carbonyl (C=O) groups excluding carboxylic acids is 1. The van der Waals surface area contributed by atoms with Crippen LogP contribution in [-0.4, -0.2) is 18.1 Å². The molecule has 0 amide bonds. The molecule has 5 heteroatoms. The van der Waals surface area contributed by atoms with Crippen LogP contribution in [0.1, 0.15) is 27.2 Å². The molecule has 25 heavy (non-hydrogen) atoms. The Kier molecular flexibility index (Phi) is 5.65. The number of nitrogens with zero attached hydrogens (tertiary/aromatic N) is 1. The smallest absolute Gasteiger partial charge is 0.337 e. The molecule has 0 aliphatic carbocycles. The van der Waals surface area contributed by atoms with Crippen molar-refractivity contribution in [2.24, 2.45) is 0 Å². The number of methoxy groups -OCH3 is 1. The van der Waals surface area contributed by atoms with Crippen molar-refractivity contribution in [3.8, 4) is 0 Å². The van der Waals surface area contributed by atoms with Gasteiger partial charge in [0.1, 0.15) is 0 Å². The summed E-state index contributed by atoms with van der Waals surface area (Å²) in [5, 5.41) is 4.34. The zero-order valence-electron chi connectivity index (χ0n) is 14.7. The van der Waals surface area contributed by atoms with Crippen LogP contribution in [0.15, 0.2) is 42.5 Å². The molecule has 3 rings (SSSR count). The van der Waals surface area contributed by atoms with Gasteiger partial charge in [-0.2, -0.15) is 0 Å². The molecule has 1 N–H and O–H groups in total. The third-order valence-corrected chi connectivity index (χ3v) is 4.14. The van der Waals surface area contributed by atoms with Crippen LogP contribution in [0.4, 0.5) is 11.4 Å². The lowest BCUT2D eigenvalue weighted by Crippen LogP contribution is -3.00. The summed E-state index contributed by atoms with van der Waals surface area (Å²) in [4.78, 5) is 16.4. The molecule has 0 saturated heterocycles. The summed E-state index contributed by atoms with van der Waals surface area (Å²) in [6.45, 7) is 6.14. The zero-order valence-corrected chi connectivity index (χ0v) is 15.4. The van der Waals surface area contributed by atoms with E-state index in [0.717, 1.165) is 28.0 Å². The summed E-state index contributed by atoms with van der Waals surface area (Å²) < 4.78 is 4.82. The van der Waals surface area contributed by atoms with Crippen LogP contribution in [0.25, 0.3) is 10.9 Å². The second-order valence-corrected chi connectivity index (χ2v) is 5.96. The number of aromatic nitrogens is 1. The van der Waals surface area contributed by atoms with Crippen LogP contribution in [-0.2, 0) is 4.74 Å². The Balaban J connectivity index is 0.00000225. The first-order valence-electron chi connectivity index (χ1n) is 7.82. The van der Waals surface area contributed by atoms with Gasteiger partial charge < -0.3 is 22.5 Å². The molecular weight excluding hydrogens is 336 g/mol. The number of ether oxygens (including phenoxy) is 1. The normalized spacial score (nSPS) is 10.2. The molecule has 0 radical (unpaired) electrons. The summed E-state index contributed by atoms with van der Waals surface area (Å²) in [5.74, 6) is -0.352. The number of rotatable bonds is 3. The van der Waals surface area contributed by atoms with Crippen LogP contribution in [0.2, 0.25) is 0 Å². The standard InChI is InChI=1S/C20H20N2O2.ClH/c1-12-5-7-16(9-13(12)2)22-19-10-14(3)21-18-8-6-15(11-17(18)19)20(23)24-4;/h5-11H,1-4H3,(H,21,22);1H/p-1. The summed E-state index contributed by atoms with van der Waals surface area (Å²) in [5.41, 5.74) is 6.68. The fourth-order valence-corrected chi connectivity index (χ4v) is 2.68. The minimum Gasteiger partial charge on any atom is -1.00 e. The average Bonchev–Trinajstić information content (AvgIpc) is 2.57. The molecule has 0 aliphatic heterocycles. The van der Waals surface area contributed by atoms with Gasteiger partial charge in [0, 0.05) is 22.5 Å². The first-order valence-corrected chi connectivity index (χ1v) is 7.82. The molecule has 0 aliphatic rings. The first kappa shape index (κ1) is 18.7. The highest BCUT2D eigenvalue weighted by molar-refractivity contribution is 5.99. The lowest BCUT2D eigenvalue weighted by molar-refractivity contribution is -0.0000196. The minimum atomic E-state index is -0.352. The molecular formula is C20H20ClN2O2-. The fourth-order valence-electron chi connectivity index (χ4n) is 2.68. The van der Waals surface area contributed by atoms with E-state index in [-0.39, 0.29) is 18.4 Å². The van der Waals surface area contributed by atoms with E-state index in [1.54, 1.807) is 6.07 Å². The summed E-state index contributed by atoms with van der Waals surface area (Å²) in [6, 6.07) is 13.6. The topological polar surface area (TPSA) is 51.2 Å². The molecule has 0 spiro atoms. The number of anilines is 2. The highest BCUT2D eigenvalue weighted by atomic mass is 35.5. The number of pyridine rings is 1. The van der Waals surface area contributed by atoms with Gasteiger partial charge in [-0.1, -0.05) is 6.07 Å². The Labute approximate surface area is 153 Å². The van der Waals surface area contributed by atoms with E-state index in [9.17, 15) is 4.79 Å². The molecule has 0 fully saturated rings. The molecule has 0 atom stereocenters. The Morgan fingerprint density at radius 1 is 1.00 bits per heavy atom. The monoisotopic (exact) mass is 355 g/mol. The number of aryl methyl sites for hydroxylation is 3. The van der Waals surface area contributed by atoms with Gasteiger partial charge in [0.05, 0.1) is 18.2 Å². The van der Waals surface area contributed by atoms with Crippen molar-refractivity contribution < 1.29 is 21.9 Å². The summed E-state index contributed by atoms with van der Waals surface area (Å²) >= 11 is 0. The van der Waals surface area contributed by atoms with Gasteiger partial charge in [-0.15, -0.1) is 0 Å². The Morgan fingerprint density at radius 3 is 2.44 bits per heavy atom. The molecule has 3 aromatic rings. The van der Waals surface area contributed by atoms with E-state index in [2.05, 4.69) is 36.3 Å². The third-order valence-electron chi connectivity index (χ3n) is 4.14. The molecule has 130 valence electrons. The minimum absolute atomic E-state index is 0. The predicted molar refractivity (Wildman–Crippen MR) is 97.0 cm³/mol. The van der Waals surface area contributed by atoms with Crippen molar-refractivity contribution in [3.05, 3.63) is 64.8 Å². The number of benzene rings is 2. The molecule has 0 unspecified atom stereocenters. The quantitative estimate of drug-likeness (QED) is 0.726. The predicted octanol–water partition coefficient (Wildman–Crippen LogP) is 1.69. The van der Waals surface area contributed by atoms with Crippen molar-refractivity contribution in [2.45, 2.75) is 20.8 Å². The first-order chi connectivity index (χ1) is 11.5. The maximum absolute atomic E-state index is 11.8. The highest BCUT2D eigenvalue weighted by Gasteiger charge is 2.10. The number of hydrogen-bond donors (Lipinski definition) is 1. The van der Waals surface area contributed by atoms with Gasteiger partial charge in [0.2, 0.25) is 0 Å². The molecule has 4 nitrogen and oxygen atoms in total. The van der Waals surface area contributed by atoms with Crippen molar-refractivity contribution >= 4 is 28.2 Å². The van der Waals surface area contributed by atoms with Crippen LogP contribution in [0.5, 0.6) is 0 Å². The zero-order chi connectivity index (χ0) is 17.3. The SMILES string of the molecule is COC(=O)c1ccc2nc(C)cc(Nc3ccc(C)c(C)c3)c2c1.[Cl-]. The van der Waals surface area contributed by atoms with Crippen LogP contribution < -0.4 is 17.7 Å². The van der Waals surface area contributed by atoms with Crippen LogP contribution in [0, 0.1) is 20.8 Å². The second-order valence-electron chi connectivity index (χ2n) is 5.96. The van der Waals surface area contributed by atoms with Gasteiger partial charge in [0.15, 0.2) is 0 Å².